The van der Waals surface area contributed by atoms with Crippen LogP contribution in [-0.2, 0) is 14.8 Å². The molecule has 154 valence electrons. The molecule has 0 spiro atoms. The number of rotatable bonds is 6. The SMILES string of the molecule is CS(=O)(=O)N(CC(=O)Nc1ccccc1C(=O)N1CCCC1)c1ccc(Br)cc1. The van der Waals surface area contributed by atoms with Crippen LogP contribution in [0.3, 0.4) is 0 Å². The van der Waals surface area contributed by atoms with Crippen LogP contribution < -0.4 is 9.62 Å². The number of hydrogen-bond acceptors (Lipinski definition) is 4. The number of carbonyl (C=O) groups excluding carboxylic acids is 2. The Labute approximate surface area is 178 Å². The maximum atomic E-state index is 12.7. The molecule has 0 radical (unpaired) electrons. The van der Waals surface area contributed by atoms with Gasteiger partial charge in [0.25, 0.3) is 5.91 Å². The van der Waals surface area contributed by atoms with Crippen molar-refractivity contribution >= 4 is 49.1 Å². The maximum absolute atomic E-state index is 12.7. The molecule has 29 heavy (non-hydrogen) atoms. The number of hydrogen-bond donors (Lipinski definition) is 1. The predicted octanol–water partition coefficient (Wildman–Crippen LogP) is 3.09. The molecule has 9 heteroatoms. The molecule has 7 nitrogen and oxygen atoms in total. The molecule has 0 atom stereocenters. The third-order valence-electron chi connectivity index (χ3n) is 4.63. The Kier molecular flexibility index (Phi) is 6.59. The van der Waals surface area contributed by atoms with E-state index in [-0.39, 0.29) is 5.91 Å². The summed E-state index contributed by atoms with van der Waals surface area (Å²) in [6, 6.07) is 13.4. The quantitative estimate of drug-likeness (QED) is 0.689. The Hall–Kier alpha value is -2.39. The van der Waals surface area contributed by atoms with Gasteiger partial charge in [0.2, 0.25) is 15.9 Å². The van der Waals surface area contributed by atoms with Gasteiger partial charge in [-0.2, -0.15) is 0 Å². The van der Waals surface area contributed by atoms with E-state index in [4.69, 9.17) is 0 Å². The molecule has 1 aliphatic heterocycles. The summed E-state index contributed by atoms with van der Waals surface area (Å²) >= 11 is 3.31. The van der Waals surface area contributed by atoms with E-state index in [1.807, 2.05) is 0 Å². The minimum Gasteiger partial charge on any atom is -0.339 e. The highest BCUT2D eigenvalue weighted by atomic mass is 79.9. The van der Waals surface area contributed by atoms with Crippen molar-refractivity contribution in [2.24, 2.45) is 0 Å². The molecule has 3 rings (SSSR count). The maximum Gasteiger partial charge on any atom is 0.255 e. The molecule has 2 amide bonds. The van der Waals surface area contributed by atoms with Gasteiger partial charge in [-0.3, -0.25) is 13.9 Å². The Morgan fingerprint density at radius 3 is 2.31 bits per heavy atom. The first-order valence-electron chi connectivity index (χ1n) is 9.17. The van der Waals surface area contributed by atoms with E-state index >= 15 is 0 Å². The van der Waals surface area contributed by atoms with Crippen LogP contribution in [0.25, 0.3) is 0 Å². The van der Waals surface area contributed by atoms with Gasteiger partial charge in [-0.25, -0.2) is 8.42 Å². The van der Waals surface area contributed by atoms with Gasteiger partial charge in [0.1, 0.15) is 6.54 Å². The lowest BCUT2D eigenvalue weighted by Crippen LogP contribution is -2.37. The van der Waals surface area contributed by atoms with E-state index in [2.05, 4.69) is 21.2 Å². The molecule has 1 heterocycles. The van der Waals surface area contributed by atoms with Crippen molar-refractivity contribution in [1.82, 2.24) is 4.90 Å². The fourth-order valence-electron chi connectivity index (χ4n) is 3.20. The molecule has 1 N–H and O–H groups in total. The summed E-state index contributed by atoms with van der Waals surface area (Å²) in [6.45, 7) is 1.01. The lowest BCUT2D eigenvalue weighted by atomic mass is 10.1. The van der Waals surface area contributed by atoms with Crippen LogP contribution in [-0.4, -0.2) is 51.0 Å². The number of benzene rings is 2. The Bertz CT molecular complexity index is 1000. The van der Waals surface area contributed by atoms with Gasteiger partial charge >= 0.3 is 0 Å². The van der Waals surface area contributed by atoms with Crippen LogP contribution >= 0.6 is 15.9 Å². The molecule has 0 saturated carbocycles. The Morgan fingerprint density at radius 1 is 1.07 bits per heavy atom. The topological polar surface area (TPSA) is 86.8 Å². The second-order valence-electron chi connectivity index (χ2n) is 6.84. The summed E-state index contributed by atoms with van der Waals surface area (Å²) in [4.78, 5) is 27.2. The minimum absolute atomic E-state index is 0.133. The number of likely N-dealkylation sites (tertiary alicyclic amines) is 1. The zero-order chi connectivity index (χ0) is 21.0. The molecular weight excluding hydrogens is 458 g/mol. The van der Waals surface area contributed by atoms with Gasteiger partial charge in [-0.15, -0.1) is 0 Å². The summed E-state index contributed by atoms with van der Waals surface area (Å²) < 4.78 is 26.3. The van der Waals surface area contributed by atoms with Crippen LogP contribution in [0.15, 0.2) is 53.0 Å². The largest absolute Gasteiger partial charge is 0.339 e. The van der Waals surface area contributed by atoms with Crippen molar-refractivity contribution in [3.05, 3.63) is 58.6 Å². The van der Waals surface area contributed by atoms with Crippen LogP contribution in [0.4, 0.5) is 11.4 Å². The van der Waals surface area contributed by atoms with Crippen molar-refractivity contribution in [3.8, 4) is 0 Å². The van der Waals surface area contributed by atoms with Crippen LogP contribution in [0.5, 0.6) is 0 Å². The van der Waals surface area contributed by atoms with E-state index in [1.165, 1.54) is 0 Å². The van der Waals surface area contributed by atoms with E-state index in [9.17, 15) is 18.0 Å². The van der Waals surface area contributed by atoms with Gasteiger partial charge in [-0.05, 0) is 49.2 Å². The normalized spacial score (nSPS) is 13.9. The van der Waals surface area contributed by atoms with Crippen molar-refractivity contribution in [1.29, 1.82) is 0 Å². The summed E-state index contributed by atoms with van der Waals surface area (Å²) in [5, 5.41) is 2.70. The predicted molar refractivity (Wildman–Crippen MR) is 117 cm³/mol. The highest BCUT2D eigenvalue weighted by molar-refractivity contribution is 9.10. The number of carbonyl (C=O) groups is 2. The first kappa shape index (κ1) is 21.3. The average Bonchev–Trinajstić information content (AvgIpc) is 3.21. The molecule has 2 aromatic rings. The Balaban J connectivity index is 1.79. The van der Waals surface area contributed by atoms with E-state index < -0.39 is 22.5 Å². The summed E-state index contributed by atoms with van der Waals surface area (Å²) in [6.07, 6.45) is 2.99. The van der Waals surface area contributed by atoms with Crippen molar-refractivity contribution < 1.29 is 18.0 Å². The Morgan fingerprint density at radius 2 is 1.69 bits per heavy atom. The van der Waals surface area contributed by atoms with E-state index in [0.29, 0.717) is 30.0 Å². The lowest BCUT2D eigenvalue weighted by Gasteiger charge is -2.22. The van der Waals surface area contributed by atoms with Crippen LogP contribution in [0, 0.1) is 0 Å². The standard InChI is InChI=1S/C20H22BrN3O4S/c1-29(27,28)24(16-10-8-15(21)9-11-16)14-19(25)22-18-7-3-2-6-17(18)20(26)23-12-4-5-13-23/h2-3,6-11H,4-5,12-14H2,1H3,(H,22,25). The number of sulfonamides is 1. The molecule has 1 aliphatic rings. The first-order valence-corrected chi connectivity index (χ1v) is 11.8. The second-order valence-corrected chi connectivity index (χ2v) is 9.66. The van der Waals surface area contributed by atoms with E-state index in [1.54, 1.807) is 53.4 Å². The number of halogens is 1. The third-order valence-corrected chi connectivity index (χ3v) is 6.30. The molecular formula is C20H22BrN3O4S. The van der Waals surface area contributed by atoms with Gasteiger partial charge in [0.05, 0.1) is 23.2 Å². The van der Waals surface area contributed by atoms with Gasteiger partial charge in [0.15, 0.2) is 0 Å². The molecule has 1 fully saturated rings. The zero-order valence-corrected chi connectivity index (χ0v) is 18.4. The molecule has 0 aromatic heterocycles. The van der Waals surface area contributed by atoms with Gasteiger partial charge < -0.3 is 10.2 Å². The summed E-state index contributed by atoms with van der Waals surface area (Å²) in [7, 11) is -3.68. The van der Waals surface area contributed by atoms with Crippen molar-refractivity contribution in [2.75, 3.05) is 35.5 Å². The molecule has 2 aromatic carbocycles. The van der Waals surface area contributed by atoms with Gasteiger partial charge in [-0.1, -0.05) is 28.1 Å². The summed E-state index contributed by atoms with van der Waals surface area (Å²) in [5.41, 5.74) is 1.16. The average molecular weight is 480 g/mol. The van der Waals surface area contributed by atoms with Crippen molar-refractivity contribution in [2.45, 2.75) is 12.8 Å². The lowest BCUT2D eigenvalue weighted by molar-refractivity contribution is -0.114. The highest BCUT2D eigenvalue weighted by Gasteiger charge is 2.24. The molecule has 0 aliphatic carbocycles. The second kappa shape index (κ2) is 8.96. The summed E-state index contributed by atoms with van der Waals surface area (Å²) in [5.74, 6) is -0.661. The fourth-order valence-corrected chi connectivity index (χ4v) is 4.32. The van der Waals surface area contributed by atoms with Crippen LogP contribution in [0.1, 0.15) is 23.2 Å². The first-order chi connectivity index (χ1) is 13.8. The zero-order valence-electron chi connectivity index (χ0n) is 16.0. The van der Waals surface area contributed by atoms with Crippen molar-refractivity contribution in [3.63, 3.8) is 0 Å². The number of amides is 2. The highest BCUT2D eigenvalue weighted by Crippen LogP contribution is 2.22. The molecule has 0 unspecified atom stereocenters. The monoisotopic (exact) mass is 479 g/mol. The number of para-hydroxylation sites is 1. The van der Waals surface area contributed by atoms with E-state index in [0.717, 1.165) is 27.9 Å². The number of nitrogens with one attached hydrogen (secondary N) is 1. The fraction of sp³-hybridized carbons (Fsp3) is 0.300. The molecule has 0 bridgehead atoms. The smallest absolute Gasteiger partial charge is 0.255 e. The van der Waals surface area contributed by atoms with Crippen LogP contribution in [0.2, 0.25) is 0 Å². The number of anilines is 2. The minimum atomic E-state index is -3.68. The molecule has 1 saturated heterocycles. The number of nitrogens with zero attached hydrogens (tertiary/aromatic N) is 2. The third kappa shape index (κ3) is 5.36. The van der Waals surface area contributed by atoms with Gasteiger partial charge in [0, 0.05) is 17.6 Å².